The van der Waals surface area contributed by atoms with Gasteiger partial charge in [-0.15, -0.1) is 0 Å². The summed E-state index contributed by atoms with van der Waals surface area (Å²) in [6.07, 6.45) is 0. The Morgan fingerprint density at radius 1 is 0.383 bits per heavy atom. The number of rotatable bonds is 5. The SMILES string of the molecule is CC(C)(C)c1cc(C(C)(C)C)c2oc3c(N(c4ccccc4)c4ccc5cc6c(cc5c4)-c4c-6c(-c5ccccc5)c5ccccc5c4-c4ccccc4)cccc3c2c1. The number of benzene rings is 9. The van der Waals surface area contributed by atoms with E-state index in [1.165, 1.54) is 82.6 Å². The first kappa shape index (κ1) is 36.2. The molecule has 0 N–H and O–H groups in total. The van der Waals surface area contributed by atoms with Crippen LogP contribution in [0.3, 0.4) is 0 Å². The third-order valence-electron chi connectivity index (χ3n) is 12.6. The Morgan fingerprint density at radius 3 is 1.52 bits per heavy atom. The lowest BCUT2D eigenvalue weighted by atomic mass is 9.70. The van der Waals surface area contributed by atoms with Crippen LogP contribution in [0.15, 0.2) is 180 Å². The number of nitrogens with zero attached hydrogens (tertiary/aromatic N) is 1. The van der Waals surface area contributed by atoms with E-state index in [1.807, 2.05) is 0 Å². The first-order valence-electron chi connectivity index (χ1n) is 21.2. The molecule has 0 radical (unpaired) electrons. The van der Waals surface area contributed by atoms with Crippen LogP contribution >= 0.6 is 0 Å². The molecule has 1 aliphatic rings. The van der Waals surface area contributed by atoms with Gasteiger partial charge in [-0.2, -0.15) is 0 Å². The zero-order valence-corrected chi connectivity index (χ0v) is 35.1. The second-order valence-corrected chi connectivity index (χ2v) is 18.5. The van der Waals surface area contributed by atoms with Crippen LogP contribution in [0.5, 0.6) is 0 Å². The second kappa shape index (κ2) is 13.3. The third-order valence-corrected chi connectivity index (χ3v) is 12.6. The molecule has 1 aliphatic carbocycles. The van der Waals surface area contributed by atoms with Crippen molar-refractivity contribution in [1.29, 1.82) is 0 Å². The van der Waals surface area contributed by atoms with Crippen LogP contribution in [-0.2, 0) is 10.8 Å². The van der Waals surface area contributed by atoms with Gasteiger partial charge >= 0.3 is 0 Å². The van der Waals surface area contributed by atoms with E-state index in [0.29, 0.717) is 0 Å². The molecule has 9 aromatic carbocycles. The maximum absolute atomic E-state index is 7.10. The van der Waals surface area contributed by atoms with E-state index in [0.717, 1.165) is 33.6 Å². The molecule has 0 atom stereocenters. The van der Waals surface area contributed by atoms with Gasteiger partial charge in [0.25, 0.3) is 0 Å². The molecule has 10 aromatic rings. The molecule has 0 amide bonds. The van der Waals surface area contributed by atoms with Crippen LogP contribution in [0, 0.1) is 0 Å². The topological polar surface area (TPSA) is 16.4 Å². The van der Waals surface area contributed by atoms with Gasteiger partial charge in [0.15, 0.2) is 5.58 Å². The Bertz CT molecular complexity index is 3310. The summed E-state index contributed by atoms with van der Waals surface area (Å²) >= 11 is 0. The van der Waals surface area contributed by atoms with E-state index in [2.05, 4.69) is 222 Å². The first-order valence-corrected chi connectivity index (χ1v) is 21.2. The number of para-hydroxylation sites is 2. The fraction of sp³-hybridized carbons (Fsp3) is 0.138. The van der Waals surface area contributed by atoms with Gasteiger partial charge in [0.2, 0.25) is 0 Å². The van der Waals surface area contributed by atoms with Crippen molar-refractivity contribution in [3.8, 4) is 44.5 Å². The molecule has 290 valence electrons. The summed E-state index contributed by atoms with van der Waals surface area (Å²) in [5.41, 5.74) is 17.9. The van der Waals surface area contributed by atoms with E-state index < -0.39 is 0 Å². The van der Waals surface area contributed by atoms with E-state index in [-0.39, 0.29) is 10.8 Å². The molecular formula is C58H47NO. The molecule has 0 spiro atoms. The molecular weight excluding hydrogens is 727 g/mol. The molecule has 1 heterocycles. The second-order valence-electron chi connectivity index (χ2n) is 18.5. The molecule has 11 rings (SSSR count). The molecule has 2 nitrogen and oxygen atoms in total. The number of anilines is 3. The summed E-state index contributed by atoms with van der Waals surface area (Å²) in [5.74, 6) is 0. The van der Waals surface area contributed by atoms with Gasteiger partial charge in [0, 0.05) is 27.7 Å². The van der Waals surface area contributed by atoms with E-state index in [4.69, 9.17) is 4.42 Å². The van der Waals surface area contributed by atoms with Gasteiger partial charge in [-0.1, -0.05) is 169 Å². The zero-order chi connectivity index (χ0) is 40.9. The van der Waals surface area contributed by atoms with Crippen molar-refractivity contribution in [2.75, 3.05) is 4.90 Å². The highest BCUT2D eigenvalue weighted by atomic mass is 16.3. The normalized spacial score (nSPS) is 12.5. The lowest BCUT2D eigenvalue weighted by molar-refractivity contribution is 0.559. The standard InChI is InChI=1S/C58H47NO/c1-57(2,3)40-34-48-45-27-18-28-50(56(45)60-55(48)49(35-40)58(4,5)6)59(41-23-14-9-15-24-41)42-30-29-38-32-46-47(33-39(38)31-42)54-52(37-21-12-8-13-22-37)44-26-17-16-25-43(44)51(53(46)54)36-19-10-7-11-20-36/h7-35H,1-6H3. The van der Waals surface area contributed by atoms with Crippen molar-refractivity contribution in [3.05, 3.63) is 187 Å². The smallest absolute Gasteiger partial charge is 0.159 e. The molecule has 0 saturated heterocycles. The van der Waals surface area contributed by atoms with Crippen LogP contribution < -0.4 is 4.90 Å². The minimum Gasteiger partial charge on any atom is -0.454 e. The maximum atomic E-state index is 7.10. The van der Waals surface area contributed by atoms with Crippen molar-refractivity contribution in [2.24, 2.45) is 0 Å². The Balaban J connectivity index is 1.14. The molecule has 0 unspecified atom stereocenters. The number of hydrogen-bond acceptors (Lipinski definition) is 2. The molecule has 0 fully saturated rings. The fourth-order valence-electron chi connectivity index (χ4n) is 9.62. The highest BCUT2D eigenvalue weighted by molar-refractivity contribution is 6.26. The lowest BCUT2D eigenvalue weighted by Crippen LogP contribution is -2.16. The van der Waals surface area contributed by atoms with E-state index in [9.17, 15) is 0 Å². The molecule has 2 heteroatoms. The van der Waals surface area contributed by atoms with Crippen molar-refractivity contribution in [2.45, 2.75) is 52.4 Å². The van der Waals surface area contributed by atoms with E-state index in [1.54, 1.807) is 0 Å². The predicted molar refractivity (Wildman–Crippen MR) is 256 cm³/mol. The van der Waals surface area contributed by atoms with Gasteiger partial charge in [0.05, 0.1) is 5.69 Å². The van der Waals surface area contributed by atoms with Gasteiger partial charge in [-0.05, 0) is 131 Å². The minimum absolute atomic E-state index is 0.00353. The van der Waals surface area contributed by atoms with Crippen molar-refractivity contribution in [1.82, 2.24) is 0 Å². The van der Waals surface area contributed by atoms with Gasteiger partial charge in [-0.25, -0.2) is 0 Å². The molecule has 0 bridgehead atoms. The summed E-state index contributed by atoms with van der Waals surface area (Å²) in [5, 5.41) is 7.28. The van der Waals surface area contributed by atoms with Gasteiger partial charge < -0.3 is 9.32 Å². The minimum atomic E-state index is -0.0975. The summed E-state index contributed by atoms with van der Waals surface area (Å²) in [7, 11) is 0. The monoisotopic (exact) mass is 773 g/mol. The summed E-state index contributed by atoms with van der Waals surface area (Å²) in [4.78, 5) is 2.37. The number of hydrogen-bond donors (Lipinski definition) is 0. The Morgan fingerprint density at radius 2 is 0.933 bits per heavy atom. The first-order chi connectivity index (χ1) is 29.0. The van der Waals surface area contributed by atoms with Gasteiger partial charge in [-0.3, -0.25) is 0 Å². The maximum Gasteiger partial charge on any atom is 0.159 e. The fourth-order valence-corrected chi connectivity index (χ4v) is 9.62. The lowest BCUT2D eigenvalue weighted by Gasteiger charge is -2.33. The van der Waals surface area contributed by atoms with Crippen LogP contribution in [-0.4, -0.2) is 0 Å². The third kappa shape index (κ3) is 5.62. The number of fused-ring (bicyclic) bond motifs is 9. The molecule has 1 aromatic heterocycles. The largest absolute Gasteiger partial charge is 0.454 e. The summed E-state index contributed by atoms with van der Waals surface area (Å²) in [6, 6.07) is 64.6. The average molecular weight is 774 g/mol. The Hall–Kier alpha value is -6.90. The summed E-state index contributed by atoms with van der Waals surface area (Å²) < 4.78 is 7.10. The van der Waals surface area contributed by atoms with Gasteiger partial charge in [0.1, 0.15) is 5.58 Å². The van der Waals surface area contributed by atoms with Crippen LogP contribution in [0.1, 0.15) is 52.7 Å². The zero-order valence-electron chi connectivity index (χ0n) is 35.1. The highest BCUT2D eigenvalue weighted by Gasteiger charge is 2.33. The summed E-state index contributed by atoms with van der Waals surface area (Å²) in [6.45, 7) is 13.7. The van der Waals surface area contributed by atoms with Crippen molar-refractivity contribution in [3.63, 3.8) is 0 Å². The Kier molecular flexibility index (Phi) is 8.03. The highest BCUT2D eigenvalue weighted by Crippen LogP contribution is 2.60. The van der Waals surface area contributed by atoms with Crippen LogP contribution in [0.2, 0.25) is 0 Å². The van der Waals surface area contributed by atoms with Crippen LogP contribution in [0.25, 0.3) is 88.0 Å². The quantitative estimate of drug-likeness (QED) is 0.173. The van der Waals surface area contributed by atoms with Crippen molar-refractivity contribution >= 4 is 60.5 Å². The Labute approximate surface area is 352 Å². The van der Waals surface area contributed by atoms with E-state index >= 15 is 0 Å². The molecule has 60 heavy (non-hydrogen) atoms. The molecule has 0 saturated carbocycles. The van der Waals surface area contributed by atoms with Crippen molar-refractivity contribution < 1.29 is 4.42 Å². The number of furan rings is 1. The molecule has 0 aliphatic heterocycles. The van der Waals surface area contributed by atoms with Crippen LogP contribution in [0.4, 0.5) is 17.1 Å². The average Bonchev–Trinajstić information content (AvgIpc) is 3.64. The predicted octanol–water partition coefficient (Wildman–Crippen LogP) is 16.9.